The van der Waals surface area contributed by atoms with Gasteiger partial charge in [-0.25, -0.2) is 14.4 Å². The zero-order valence-electron chi connectivity index (χ0n) is 28.6. The van der Waals surface area contributed by atoms with E-state index in [4.69, 9.17) is 4.74 Å². The molecule has 5 aromatic rings. The molecule has 9 nitrogen and oxygen atoms in total. The van der Waals surface area contributed by atoms with Gasteiger partial charge in [0.2, 0.25) is 5.82 Å². The number of fused-ring (bicyclic) bond motifs is 1. The number of nitrogens with one attached hydrogen (secondary N) is 3. The van der Waals surface area contributed by atoms with Gasteiger partial charge < -0.3 is 25.2 Å². The van der Waals surface area contributed by atoms with Gasteiger partial charge in [0.1, 0.15) is 5.75 Å². The molecule has 3 N–H and O–H groups in total. The molecule has 0 radical (unpaired) electrons. The van der Waals surface area contributed by atoms with E-state index in [-0.39, 0.29) is 17.2 Å². The van der Waals surface area contributed by atoms with Gasteiger partial charge in [-0.1, -0.05) is 25.1 Å². The summed E-state index contributed by atoms with van der Waals surface area (Å²) in [5.41, 5.74) is 3.16. The second kappa shape index (κ2) is 14.5. The van der Waals surface area contributed by atoms with Crippen molar-refractivity contribution in [3.8, 4) is 22.8 Å². The molecule has 1 atom stereocenters. The number of likely N-dealkylation sites (tertiary alicyclic amines) is 1. The second-order valence-corrected chi connectivity index (χ2v) is 13.9. The summed E-state index contributed by atoms with van der Waals surface area (Å²) in [6.45, 7) is 8.58. The molecule has 0 spiro atoms. The number of ether oxygens (including phenoxy) is 1. The van der Waals surface area contributed by atoms with Crippen LogP contribution in [0.1, 0.15) is 42.1 Å². The summed E-state index contributed by atoms with van der Waals surface area (Å²) in [5.74, 6) is -0.260. The van der Waals surface area contributed by atoms with Crippen LogP contribution in [0.3, 0.4) is 0 Å². The molecule has 50 heavy (non-hydrogen) atoms. The third-order valence-electron chi connectivity index (χ3n) is 10.3. The van der Waals surface area contributed by atoms with Crippen LogP contribution in [0.4, 0.5) is 20.3 Å². The van der Waals surface area contributed by atoms with Crippen molar-refractivity contribution >= 4 is 23.1 Å². The molecule has 2 aromatic heterocycles. The number of para-hydroxylation sites is 1. The van der Waals surface area contributed by atoms with E-state index in [0.29, 0.717) is 47.4 Å². The minimum Gasteiger partial charge on any atom is -0.454 e. The van der Waals surface area contributed by atoms with E-state index in [1.807, 2.05) is 31.2 Å². The number of anilines is 2. The first-order valence-electron chi connectivity index (χ1n) is 17.6. The fraction of sp³-hybridized carbons (Fsp3) is 0.359. The Morgan fingerprint density at radius 1 is 1.02 bits per heavy atom. The number of quaternary nitrogens is 1. The van der Waals surface area contributed by atoms with E-state index in [1.54, 1.807) is 41.1 Å². The molecular formula is C39H44F2N7O2+. The van der Waals surface area contributed by atoms with Crippen LogP contribution in [0.5, 0.6) is 11.5 Å². The van der Waals surface area contributed by atoms with Crippen LogP contribution in [-0.2, 0) is 6.42 Å². The topological polar surface area (TPSA) is 92.6 Å². The summed E-state index contributed by atoms with van der Waals surface area (Å²) in [6, 6.07) is 17.2. The van der Waals surface area contributed by atoms with Gasteiger partial charge in [0, 0.05) is 61.1 Å². The van der Waals surface area contributed by atoms with Crippen LogP contribution in [-0.4, -0.2) is 71.1 Å². The highest BCUT2D eigenvalue weighted by molar-refractivity contribution is 5.96. The number of amides is 1. The lowest BCUT2D eigenvalue weighted by Gasteiger charge is -2.42. The quantitative estimate of drug-likeness (QED) is 0.131. The summed E-state index contributed by atoms with van der Waals surface area (Å²) in [6.07, 6.45) is 8.92. The number of halogens is 2. The molecule has 2 fully saturated rings. The van der Waals surface area contributed by atoms with Crippen molar-refractivity contribution in [2.45, 2.75) is 32.6 Å². The van der Waals surface area contributed by atoms with E-state index >= 15 is 8.78 Å². The third-order valence-corrected chi connectivity index (χ3v) is 10.3. The molecule has 2 aliphatic rings. The minimum atomic E-state index is -1.08. The number of carbonyl (C=O) groups excluding carboxylic acids is 1. The first-order chi connectivity index (χ1) is 24.3. The van der Waals surface area contributed by atoms with Gasteiger partial charge in [-0.15, -0.1) is 0 Å². The fourth-order valence-electron chi connectivity index (χ4n) is 7.41. The first kappa shape index (κ1) is 33.6. The highest BCUT2D eigenvalue weighted by Gasteiger charge is 2.33. The Balaban J connectivity index is 1.01. The molecule has 7 rings (SSSR count). The molecule has 3 aromatic carbocycles. The smallest absolute Gasteiger partial charge is 0.251 e. The Morgan fingerprint density at radius 2 is 1.84 bits per heavy atom. The number of carbonyl (C=O) groups is 1. The zero-order chi connectivity index (χ0) is 34.7. The number of hydrogen-bond donors (Lipinski definition) is 3. The maximum Gasteiger partial charge on any atom is 0.251 e. The molecule has 11 heteroatoms. The van der Waals surface area contributed by atoms with E-state index in [0.717, 1.165) is 60.7 Å². The number of imidazole rings is 1. The number of piperidine rings is 1. The number of aryl methyl sites for hydroxylation is 1. The summed E-state index contributed by atoms with van der Waals surface area (Å²) in [4.78, 5) is 22.3. The largest absolute Gasteiger partial charge is 0.454 e. The van der Waals surface area contributed by atoms with Crippen LogP contribution in [0.2, 0.25) is 0 Å². The molecule has 260 valence electrons. The van der Waals surface area contributed by atoms with Crippen molar-refractivity contribution in [2.24, 2.45) is 11.8 Å². The Hall–Kier alpha value is -4.87. The van der Waals surface area contributed by atoms with Gasteiger partial charge in [0.15, 0.2) is 23.0 Å². The Labute approximate surface area is 291 Å². The van der Waals surface area contributed by atoms with Crippen molar-refractivity contribution in [3.05, 3.63) is 102 Å². The van der Waals surface area contributed by atoms with E-state index < -0.39 is 11.6 Å². The molecule has 0 aliphatic carbocycles. The Morgan fingerprint density at radius 3 is 2.60 bits per heavy atom. The maximum absolute atomic E-state index is 15.4. The van der Waals surface area contributed by atoms with Crippen molar-refractivity contribution < 1.29 is 22.8 Å². The predicted octanol–water partition coefficient (Wildman–Crippen LogP) is 6.97. The second-order valence-electron chi connectivity index (χ2n) is 13.9. The van der Waals surface area contributed by atoms with Crippen molar-refractivity contribution in [3.63, 3.8) is 0 Å². The van der Waals surface area contributed by atoms with Crippen LogP contribution < -0.4 is 20.7 Å². The van der Waals surface area contributed by atoms with Crippen LogP contribution in [0, 0.1) is 23.5 Å². The minimum absolute atomic E-state index is 0.0409. The van der Waals surface area contributed by atoms with E-state index in [2.05, 4.69) is 33.0 Å². The van der Waals surface area contributed by atoms with Crippen LogP contribution in [0.25, 0.3) is 16.9 Å². The molecule has 4 heterocycles. The molecule has 1 unspecified atom stereocenters. The molecule has 2 aliphatic heterocycles. The van der Waals surface area contributed by atoms with Crippen LogP contribution >= 0.6 is 0 Å². The summed E-state index contributed by atoms with van der Waals surface area (Å²) < 4.78 is 38.9. The SMILES string of the molecule is CCc1cc(Nc2nccn3c(-c4ccc(Oc5ccccc5)c(F)c4F)cnc23)ccc1C(=O)NCC1CC[N+](C)(CC2CCNC2)CC1. The van der Waals surface area contributed by atoms with Crippen molar-refractivity contribution in [2.75, 3.05) is 51.6 Å². The average Bonchev–Trinajstić information content (AvgIpc) is 3.81. The lowest BCUT2D eigenvalue weighted by molar-refractivity contribution is -0.918. The average molecular weight is 681 g/mol. The fourth-order valence-corrected chi connectivity index (χ4v) is 7.41. The Kier molecular flexibility index (Phi) is 9.78. The molecule has 2 saturated heterocycles. The third kappa shape index (κ3) is 7.20. The molecule has 1 amide bonds. The lowest BCUT2D eigenvalue weighted by Crippen LogP contribution is -2.53. The van der Waals surface area contributed by atoms with Gasteiger partial charge in [0.25, 0.3) is 5.91 Å². The van der Waals surface area contributed by atoms with Gasteiger partial charge >= 0.3 is 0 Å². The highest BCUT2D eigenvalue weighted by Crippen LogP contribution is 2.34. The monoisotopic (exact) mass is 680 g/mol. The number of aromatic nitrogens is 3. The normalized spacial score (nSPS) is 20.6. The maximum atomic E-state index is 15.4. The van der Waals surface area contributed by atoms with Gasteiger partial charge in [-0.2, -0.15) is 4.39 Å². The zero-order valence-corrected chi connectivity index (χ0v) is 28.6. The summed E-state index contributed by atoms with van der Waals surface area (Å²) in [7, 11) is 2.39. The molecule has 0 saturated carbocycles. The number of rotatable bonds is 11. The van der Waals surface area contributed by atoms with E-state index in [9.17, 15) is 4.79 Å². The van der Waals surface area contributed by atoms with Gasteiger partial charge in [-0.3, -0.25) is 9.20 Å². The van der Waals surface area contributed by atoms with Crippen LogP contribution in [0.15, 0.2) is 79.3 Å². The predicted molar refractivity (Wildman–Crippen MR) is 191 cm³/mol. The standard InChI is InChI=1S/C39H43F2N7O2/c1-3-28-21-29(9-10-31(28)39(49)45-23-26-14-19-48(2,20-15-26)25-27-13-16-42-22-27)46-37-38-44-24-33(47(38)18-17-43-37)32-11-12-34(36(41)35(32)40)50-30-7-5-4-6-8-30/h4-12,17-18,21,24,26-27,42H,3,13-16,19-20,22-23,25H2,1-2H3,(H-,43,45,46,49)/p+1. The number of nitrogens with zero attached hydrogens (tertiary/aromatic N) is 4. The van der Waals surface area contributed by atoms with Crippen molar-refractivity contribution in [1.29, 1.82) is 0 Å². The summed E-state index contributed by atoms with van der Waals surface area (Å²) in [5, 5.41) is 10.0. The molecule has 0 bridgehead atoms. The van der Waals surface area contributed by atoms with E-state index in [1.165, 1.54) is 31.3 Å². The highest BCUT2D eigenvalue weighted by atomic mass is 19.2. The summed E-state index contributed by atoms with van der Waals surface area (Å²) >= 11 is 0. The van der Waals surface area contributed by atoms with Gasteiger partial charge in [0.05, 0.1) is 38.6 Å². The lowest BCUT2D eigenvalue weighted by atomic mass is 9.93. The van der Waals surface area contributed by atoms with Crippen molar-refractivity contribution in [1.82, 2.24) is 25.0 Å². The number of hydrogen-bond acceptors (Lipinski definition) is 6. The molecular weight excluding hydrogens is 636 g/mol. The Bertz CT molecular complexity index is 1970. The van der Waals surface area contributed by atoms with Gasteiger partial charge in [-0.05, 0) is 73.3 Å². The first-order valence-corrected chi connectivity index (χ1v) is 17.6. The number of benzene rings is 3.